The van der Waals surface area contributed by atoms with Gasteiger partial charge in [0.1, 0.15) is 5.38 Å². The van der Waals surface area contributed by atoms with Gasteiger partial charge in [-0.25, -0.2) is 0 Å². The number of esters is 1. The summed E-state index contributed by atoms with van der Waals surface area (Å²) >= 11 is 5.76. The molecule has 1 aromatic carbocycles. The zero-order valence-electron chi connectivity index (χ0n) is 9.19. The highest BCUT2D eigenvalue weighted by atomic mass is 35.5. The number of hydrogen-bond donors (Lipinski definition) is 0. The fraction of sp³-hybridized carbons (Fsp3) is 0.417. The first-order chi connectivity index (χ1) is 7.74. The molecule has 0 fully saturated rings. The molecule has 0 aliphatic rings. The van der Waals surface area contributed by atoms with Crippen molar-refractivity contribution in [3.05, 3.63) is 35.9 Å². The van der Waals surface area contributed by atoms with E-state index in [1.54, 1.807) is 0 Å². The molecule has 0 aromatic heterocycles. The van der Waals surface area contributed by atoms with E-state index in [9.17, 15) is 4.79 Å². The standard InChI is InChI=1S/C12H15ClO3/c1-15-12(14)11(13)7-8-16-9-10-5-3-2-4-6-10/h2-6,11H,7-9H2,1H3. The highest BCUT2D eigenvalue weighted by Crippen LogP contribution is 2.06. The summed E-state index contributed by atoms with van der Waals surface area (Å²) in [5.74, 6) is -0.412. The summed E-state index contributed by atoms with van der Waals surface area (Å²) in [5, 5.41) is -0.624. The van der Waals surface area contributed by atoms with E-state index in [1.165, 1.54) is 7.11 Å². The molecule has 0 spiro atoms. The molecule has 1 atom stereocenters. The maximum atomic E-state index is 11.0. The van der Waals surface area contributed by atoms with Crippen LogP contribution in [-0.2, 0) is 20.9 Å². The van der Waals surface area contributed by atoms with Crippen molar-refractivity contribution in [2.75, 3.05) is 13.7 Å². The lowest BCUT2D eigenvalue weighted by Gasteiger charge is -2.07. The van der Waals surface area contributed by atoms with E-state index >= 15 is 0 Å². The lowest BCUT2D eigenvalue weighted by Crippen LogP contribution is -2.18. The molecule has 1 rings (SSSR count). The maximum Gasteiger partial charge on any atom is 0.323 e. The Bertz CT molecular complexity index is 313. The molecule has 0 saturated heterocycles. The monoisotopic (exact) mass is 242 g/mol. The van der Waals surface area contributed by atoms with Crippen LogP contribution in [0.2, 0.25) is 0 Å². The Morgan fingerprint density at radius 2 is 2.06 bits per heavy atom. The highest BCUT2D eigenvalue weighted by Gasteiger charge is 2.14. The predicted molar refractivity (Wildman–Crippen MR) is 62.4 cm³/mol. The number of hydrogen-bond acceptors (Lipinski definition) is 3. The van der Waals surface area contributed by atoms with Gasteiger partial charge in [-0.1, -0.05) is 30.3 Å². The minimum atomic E-state index is -0.624. The molecule has 0 N–H and O–H groups in total. The summed E-state index contributed by atoms with van der Waals surface area (Å²) in [4.78, 5) is 11.0. The Labute approximate surface area is 100 Å². The van der Waals surface area contributed by atoms with Crippen molar-refractivity contribution < 1.29 is 14.3 Å². The maximum absolute atomic E-state index is 11.0. The van der Waals surface area contributed by atoms with Gasteiger partial charge in [0, 0.05) is 6.61 Å². The minimum absolute atomic E-state index is 0.412. The van der Waals surface area contributed by atoms with Gasteiger partial charge in [0.25, 0.3) is 0 Å². The number of carbonyl (C=O) groups excluding carboxylic acids is 1. The zero-order chi connectivity index (χ0) is 11.8. The first-order valence-electron chi connectivity index (χ1n) is 5.07. The molecule has 1 aromatic rings. The van der Waals surface area contributed by atoms with Gasteiger partial charge in [-0.3, -0.25) is 4.79 Å². The average molecular weight is 243 g/mol. The summed E-state index contributed by atoms with van der Waals surface area (Å²) in [5.41, 5.74) is 1.10. The van der Waals surface area contributed by atoms with E-state index in [1.807, 2.05) is 30.3 Å². The number of benzene rings is 1. The van der Waals surface area contributed by atoms with Crippen molar-refractivity contribution >= 4 is 17.6 Å². The zero-order valence-corrected chi connectivity index (χ0v) is 9.94. The molecule has 88 valence electrons. The molecular weight excluding hydrogens is 228 g/mol. The van der Waals surface area contributed by atoms with Crippen LogP contribution in [0, 0.1) is 0 Å². The number of halogens is 1. The smallest absolute Gasteiger partial charge is 0.323 e. The van der Waals surface area contributed by atoms with E-state index in [0.29, 0.717) is 19.6 Å². The van der Waals surface area contributed by atoms with Crippen LogP contribution in [0.3, 0.4) is 0 Å². The summed E-state index contributed by atoms with van der Waals surface area (Å²) in [6.07, 6.45) is 0.459. The lowest BCUT2D eigenvalue weighted by atomic mass is 10.2. The van der Waals surface area contributed by atoms with Crippen LogP contribution in [0.5, 0.6) is 0 Å². The number of alkyl halides is 1. The molecule has 16 heavy (non-hydrogen) atoms. The van der Waals surface area contributed by atoms with Crippen LogP contribution < -0.4 is 0 Å². The fourth-order valence-corrected chi connectivity index (χ4v) is 1.37. The SMILES string of the molecule is COC(=O)C(Cl)CCOCc1ccccc1. The minimum Gasteiger partial charge on any atom is -0.468 e. The molecule has 3 nitrogen and oxygen atoms in total. The molecule has 0 radical (unpaired) electrons. The number of carbonyl (C=O) groups is 1. The van der Waals surface area contributed by atoms with Gasteiger partial charge in [0.15, 0.2) is 0 Å². The predicted octanol–water partition coefficient (Wildman–Crippen LogP) is 2.37. The number of rotatable bonds is 6. The van der Waals surface area contributed by atoms with Gasteiger partial charge in [-0.2, -0.15) is 0 Å². The van der Waals surface area contributed by atoms with Gasteiger partial charge < -0.3 is 9.47 Å². The number of methoxy groups -OCH3 is 1. The molecule has 0 amide bonds. The molecule has 4 heteroatoms. The van der Waals surface area contributed by atoms with Crippen molar-refractivity contribution in [1.82, 2.24) is 0 Å². The van der Waals surface area contributed by atoms with E-state index in [0.717, 1.165) is 5.56 Å². The van der Waals surface area contributed by atoms with Crippen molar-refractivity contribution in [3.63, 3.8) is 0 Å². The Kier molecular flexibility index (Phi) is 5.90. The van der Waals surface area contributed by atoms with Crippen molar-refractivity contribution in [1.29, 1.82) is 0 Å². The first-order valence-corrected chi connectivity index (χ1v) is 5.51. The van der Waals surface area contributed by atoms with Crippen LogP contribution in [0.15, 0.2) is 30.3 Å². The second-order valence-corrected chi connectivity index (χ2v) is 3.84. The topological polar surface area (TPSA) is 35.5 Å². The molecule has 0 aliphatic heterocycles. The van der Waals surface area contributed by atoms with Crippen LogP contribution in [0.1, 0.15) is 12.0 Å². The van der Waals surface area contributed by atoms with Gasteiger partial charge >= 0.3 is 5.97 Å². The van der Waals surface area contributed by atoms with Gasteiger partial charge in [-0.15, -0.1) is 11.6 Å². The largest absolute Gasteiger partial charge is 0.468 e. The third kappa shape index (κ3) is 4.64. The van der Waals surface area contributed by atoms with Crippen molar-refractivity contribution in [3.8, 4) is 0 Å². The molecule has 1 unspecified atom stereocenters. The molecular formula is C12H15ClO3. The first kappa shape index (κ1) is 13.0. The van der Waals surface area contributed by atoms with Crippen LogP contribution >= 0.6 is 11.6 Å². The Morgan fingerprint density at radius 3 is 2.69 bits per heavy atom. The van der Waals surface area contributed by atoms with Crippen LogP contribution in [0.25, 0.3) is 0 Å². The summed E-state index contributed by atoms with van der Waals surface area (Å²) in [6, 6.07) is 9.83. The highest BCUT2D eigenvalue weighted by molar-refractivity contribution is 6.29. The fourth-order valence-electron chi connectivity index (χ4n) is 1.20. The van der Waals surface area contributed by atoms with Gasteiger partial charge in [0.05, 0.1) is 13.7 Å². The van der Waals surface area contributed by atoms with Crippen molar-refractivity contribution in [2.45, 2.75) is 18.4 Å². The Balaban J connectivity index is 2.15. The Morgan fingerprint density at radius 1 is 1.38 bits per heavy atom. The molecule has 0 aliphatic carbocycles. The van der Waals surface area contributed by atoms with Gasteiger partial charge in [-0.05, 0) is 12.0 Å². The second kappa shape index (κ2) is 7.25. The number of ether oxygens (including phenoxy) is 2. The summed E-state index contributed by atoms with van der Waals surface area (Å²) in [6.45, 7) is 0.976. The lowest BCUT2D eigenvalue weighted by molar-refractivity contribution is -0.140. The molecule has 0 saturated carbocycles. The van der Waals surface area contributed by atoms with E-state index in [2.05, 4.69) is 4.74 Å². The van der Waals surface area contributed by atoms with Gasteiger partial charge in [0.2, 0.25) is 0 Å². The normalized spacial score (nSPS) is 12.1. The molecule has 0 bridgehead atoms. The summed E-state index contributed by atoms with van der Waals surface area (Å²) in [7, 11) is 1.32. The third-order valence-corrected chi connectivity index (χ3v) is 2.48. The van der Waals surface area contributed by atoms with Crippen molar-refractivity contribution in [2.24, 2.45) is 0 Å². The van der Waals surface area contributed by atoms with E-state index in [4.69, 9.17) is 16.3 Å². The average Bonchev–Trinajstić information content (AvgIpc) is 2.34. The molecule has 0 heterocycles. The Hall–Kier alpha value is -1.06. The third-order valence-electron chi connectivity index (χ3n) is 2.08. The van der Waals surface area contributed by atoms with E-state index in [-0.39, 0.29) is 0 Å². The van der Waals surface area contributed by atoms with Crippen LogP contribution in [0.4, 0.5) is 0 Å². The van der Waals surface area contributed by atoms with Crippen LogP contribution in [-0.4, -0.2) is 25.1 Å². The summed E-state index contributed by atoms with van der Waals surface area (Å²) < 4.78 is 9.89. The second-order valence-electron chi connectivity index (χ2n) is 3.32. The van der Waals surface area contributed by atoms with E-state index < -0.39 is 11.3 Å². The quantitative estimate of drug-likeness (QED) is 0.437.